The summed E-state index contributed by atoms with van der Waals surface area (Å²) in [5.41, 5.74) is 7.98. The van der Waals surface area contributed by atoms with Gasteiger partial charge in [-0.15, -0.1) is 0 Å². The Labute approximate surface area is 160 Å². The minimum absolute atomic E-state index is 0.189. The van der Waals surface area contributed by atoms with Gasteiger partial charge in [0.2, 0.25) is 5.91 Å². The quantitative estimate of drug-likeness (QED) is 0.716. The zero-order chi connectivity index (χ0) is 21.1. The highest BCUT2D eigenvalue weighted by atomic mass is 19.4. The number of rotatable bonds is 7. The molecule has 4 nitrogen and oxygen atoms in total. The number of hydrogen-bond acceptors (Lipinski definition) is 3. The number of amides is 1. The molecule has 1 unspecified atom stereocenters. The lowest BCUT2D eigenvalue weighted by atomic mass is 10.0. The van der Waals surface area contributed by atoms with E-state index in [-0.39, 0.29) is 5.75 Å². The molecule has 2 aromatic carbocycles. The van der Waals surface area contributed by atoms with Crippen LogP contribution in [0.25, 0.3) is 0 Å². The van der Waals surface area contributed by atoms with Gasteiger partial charge in [-0.25, -0.2) is 4.39 Å². The van der Waals surface area contributed by atoms with Gasteiger partial charge in [-0.1, -0.05) is 24.3 Å². The molecule has 152 valence electrons. The summed E-state index contributed by atoms with van der Waals surface area (Å²) in [6.45, 7) is 2.27. The van der Waals surface area contributed by atoms with Gasteiger partial charge in [0, 0.05) is 6.54 Å². The number of alkyl halides is 3. The third-order valence-electron chi connectivity index (χ3n) is 4.23. The van der Waals surface area contributed by atoms with Crippen molar-refractivity contribution in [2.75, 3.05) is 13.7 Å². The van der Waals surface area contributed by atoms with Crippen molar-refractivity contribution in [2.45, 2.75) is 32.6 Å². The molecule has 8 heteroatoms. The predicted molar refractivity (Wildman–Crippen MR) is 97.3 cm³/mol. The maximum absolute atomic E-state index is 13.2. The van der Waals surface area contributed by atoms with Crippen LogP contribution in [-0.4, -0.2) is 30.6 Å². The number of primary amides is 1. The molecule has 0 saturated heterocycles. The van der Waals surface area contributed by atoms with Crippen molar-refractivity contribution in [3.63, 3.8) is 0 Å². The first-order chi connectivity index (χ1) is 13.0. The first-order valence-electron chi connectivity index (χ1n) is 8.52. The Hall–Kier alpha value is -2.61. The first kappa shape index (κ1) is 21.7. The molecule has 2 aromatic rings. The molecule has 0 bridgehead atoms. The van der Waals surface area contributed by atoms with Crippen LogP contribution < -0.4 is 10.5 Å². The Bertz CT molecular complexity index is 812. The Morgan fingerprint density at radius 3 is 2.14 bits per heavy atom. The Kier molecular flexibility index (Phi) is 6.66. The summed E-state index contributed by atoms with van der Waals surface area (Å²) in [6.07, 6.45) is -4.42. The third-order valence-corrected chi connectivity index (χ3v) is 4.23. The maximum Gasteiger partial charge on any atom is 0.422 e. The fourth-order valence-corrected chi connectivity index (χ4v) is 3.17. The molecule has 0 aromatic heterocycles. The highest BCUT2D eigenvalue weighted by molar-refractivity contribution is 5.81. The highest BCUT2D eigenvalue weighted by Gasteiger charge is 2.29. The lowest BCUT2D eigenvalue weighted by molar-refractivity contribution is -0.153. The summed E-state index contributed by atoms with van der Waals surface area (Å²) in [4.78, 5) is 13.6. The fourth-order valence-electron chi connectivity index (χ4n) is 3.17. The largest absolute Gasteiger partial charge is 0.484 e. The molecule has 0 radical (unpaired) electrons. The number of nitrogens with two attached hydrogens (primary N) is 1. The summed E-state index contributed by atoms with van der Waals surface area (Å²) in [5.74, 6) is -0.822. The van der Waals surface area contributed by atoms with Crippen molar-refractivity contribution in [3.05, 3.63) is 64.5 Å². The molecule has 1 atom stereocenters. The summed E-state index contributed by atoms with van der Waals surface area (Å²) >= 11 is 0. The van der Waals surface area contributed by atoms with E-state index in [1.165, 1.54) is 24.3 Å². The summed E-state index contributed by atoms with van der Waals surface area (Å²) < 4.78 is 55.3. The molecule has 0 heterocycles. The van der Waals surface area contributed by atoms with Gasteiger partial charge < -0.3 is 10.5 Å². The van der Waals surface area contributed by atoms with Crippen LogP contribution in [0.3, 0.4) is 0 Å². The van der Waals surface area contributed by atoms with Crippen molar-refractivity contribution in [1.82, 2.24) is 4.90 Å². The number of hydrogen-bond donors (Lipinski definition) is 1. The molecule has 0 saturated carbocycles. The zero-order valence-corrected chi connectivity index (χ0v) is 15.8. The van der Waals surface area contributed by atoms with E-state index < -0.39 is 30.5 Å². The number of carbonyl (C=O) groups is 1. The van der Waals surface area contributed by atoms with E-state index in [1.54, 1.807) is 37.9 Å². The number of benzene rings is 2. The minimum atomic E-state index is -4.42. The highest BCUT2D eigenvalue weighted by Crippen LogP contribution is 2.29. The van der Waals surface area contributed by atoms with Gasteiger partial charge in [-0.3, -0.25) is 9.69 Å². The van der Waals surface area contributed by atoms with Crippen LogP contribution in [0, 0.1) is 19.7 Å². The van der Waals surface area contributed by atoms with Crippen LogP contribution in [0.4, 0.5) is 17.6 Å². The first-order valence-corrected chi connectivity index (χ1v) is 8.52. The predicted octanol–water partition coefficient (Wildman–Crippen LogP) is 4.04. The van der Waals surface area contributed by atoms with E-state index in [4.69, 9.17) is 10.5 Å². The molecule has 0 aliphatic heterocycles. The molecule has 0 aliphatic rings. The SMILES string of the molecule is Cc1cc(CN(C)C(C(N)=O)c2ccc(F)cc2)cc(C)c1OCC(F)(F)F. The van der Waals surface area contributed by atoms with E-state index in [0.717, 1.165) is 5.56 Å². The van der Waals surface area contributed by atoms with Crippen molar-refractivity contribution in [2.24, 2.45) is 5.73 Å². The monoisotopic (exact) mass is 398 g/mol. The van der Waals surface area contributed by atoms with E-state index in [1.807, 2.05) is 0 Å². The molecular formula is C20H22F4N2O2. The zero-order valence-electron chi connectivity index (χ0n) is 15.8. The number of ether oxygens (including phenoxy) is 1. The molecule has 1 amide bonds. The lowest BCUT2D eigenvalue weighted by Crippen LogP contribution is -2.35. The van der Waals surface area contributed by atoms with Gasteiger partial charge in [-0.05, 0) is 55.3 Å². The lowest BCUT2D eigenvalue weighted by Gasteiger charge is -2.26. The van der Waals surface area contributed by atoms with Crippen LogP contribution in [0.1, 0.15) is 28.3 Å². The number of likely N-dealkylation sites (N-methyl/N-ethyl adjacent to an activating group) is 1. The standard InChI is InChI=1S/C20H22F4N2O2/c1-12-8-14(9-13(2)18(12)28-11-20(22,23)24)10-26(3)17(19(25)27)15-4-6-16(21)7-5-15/h4-9,17H,10-11H2,1-3H3,(H2,25,27). The Morgan fingerprint density at radius 2 is 1.68 bits per heavy atom. The van der Waals surface area contributed by atoms with Gasteiger partial charge in [0.1, 0.15) is 17.6 Å². The molecule has 28 heavy (non-hydrogen) atoms. The molecule has 0 spiro atoms. The Balaban J connectivity index is 2.21. The molecule has 2 rings (SSSR count). The summed E-state index contributed by atoms with van der Waals surface area (Å²) in [7, 11) is 1.69. The van der Waals surface area contributed by atoms with E-state index in [0.29, 0.717) is 23.2 Å². The average Bonchev–Trinajstić information content (AvgIpc) is 2.54. The van der Waals surface area contributed by atoms with Gasteiger partial charge in [-0.2, -0.15) is 13.2 Å². The summed E-state index contributed by atoms with van der Waals surface area (Å²) in [5, 5.41) is 0. The number of nitrogens with zero attached hydrogens (tertiary/aromatic N) is 1. The van der Waals surface area contributed by atoms with Crippen molar-refractivity contribution >= 4 is 5.91 Å². The summed E-state index contributed by atoms with van der Waals surface area (Å²) in [6, 6.07) is 8.12. The smallest absolute Gasteiger partial charge is 0.422 e. The van der Waals surface area contributed by atoms with Crippen LogP contribution >= 0.6 is 0 Å². The van der Waals surface area contributed by atoms with Gasteiger partial charge in [0.25, 0.3) is 0 Å². The van der Waals surface area contributed by atoms with Gasteiger partial charge in [0.05, 0.1) is 0 Å². The number of carbonyl (C=O) groups excluding carboxylic acids is 1. The van der Waals surface area contributed by atoms with Crippen molar-refractivity contribution in [3.8, 4) is 5.75 Å². The normalized spacial score (nSPS) is 12.9. The second kappa shape index (κ2) is 8.60. The average molecular weight is 398 g/mol. The molecular weight excluding hydrogens is 376 g/mol. The second-order valence-corrected chi connectivity index (χ2v) is 6.73. The van der Waals surface area contributed by atoms with Crippen molar-refractivity contribution < 1.29 is 27.1 Å². The molecule has 2 N–H and O–H groups in total. The second-order valence-electron chi connectivity index (χ2n) is 6.73. The van der Waals surface area contributed by atoms with Crippen molar-refractivity contribution in [1.29, 1.82) is 0 Å². The fraction of sp³-hybridized carbons (Fsp3) is 0.350. The Morgan fingerprint density at radius 1 is 1.14 bits per heavy atom. The third kappa shape index (κ3) is 5.69. The van der Waals surface area contributed by atoms with Crippen LogP contribution in [-0.2, 0) is 11.3 Å². The van der Waals surface area contributed by atoms with Gasteiger partial charge in [0.15, 0.2) is 6.61 Å². The van der Waals surface area contributed by atoms with E-state index in [9.17, 15) is 22.4 Å². The maximum atomic E-state index is 13.2. The van der Waals surface area contributed by atoms with E-state index in [2.05, 4.69) is 0 Å². The van der Waals surface area contributed by atoms with Crippen LogP contribution in [0.2, 0.25) is 0 Å². The molecule has 0 aliphatic carbocycles. The van der Waals surface area contributed by atoms with Gasteiger partial charge >= 0.3 is 6.18 Å². The molecule has 0 fully saturated rings. The topological polar surface area (TPSA) is 55.6 Å². The van der Waals surface area contributed by atoms with E-state index >= 15 is 0 Å². The number of halogens is 4. The number of aryl methyl sites for hydroxylation is 2. The van der Waals surface area contributed by atoms with Crippen LogP contribution in [0.15, 0.2) is 36.4 Å². The van der Waals surface area contributed by atoms with Crippen LogP contribution in [0.5, 0.6) is 5.75 Å². The minimum Gasteiger partial charge on any atom is -0.484 e.